The monoisotopic (exact) mass is 249 g/mol. The quantitative estimate of drug-likeness (QED) is 0.795. The second-order valence-corrected chi connectivity index (χ2v) is 4.11. The van der Waals surface area contributed by atoms with Crippen LogP contribution in [0.3, 0.4) is 0 Å². The van der Waals surface area contributed by atoms with Crippen molar-refractivity contribution in [2.75, 3.05) is 0 Å². The zero-order valence-corrected chi connectivity index (χ0v) is 10.6. The van der Waals surface area contributed by atoms with Gasteiger partial charge >= 0.3 is 0 Å². The van der Waals surface area contributed by atoms with E-state index in [2.05, 4.69) is 6.07 Å². The van der Waals surface area contributed by atoms with Crippen molar-refractivity contribution in [3.8, 4) is 11.8 Å². The molecule has 2 heteroatoms. The van der Waals surface area contributed by atoms with Crippen LogP contribution in [0.25, 0.3) is 6.08 Å². The molecule has 0 heterocycles. The van der Waals surface area contributed by atoms with Crippen LogP contribution >= 0.6 is 0 Å². The molecule has 2 aromatic carbocycles. The summed E-state index contributed by atoms with van der Waals surface area (Å²) in [6.07, 6.45) is 4.22. The second kappa shape index (κ2) is 7.03. The highest BCUT2D eigenvalue weighted by Crippen LogP contribution is 2.15. The molecule has 2 rings (SSSR count). The molecule has 0 fully saturated rings. The number of rotatable bonds is 5. The van der Waals surface area contributed by atoms with Crippen molar-refractivity contribution in [2.24, 2.45) is 0 Å². The molecule has 0 unspecified atom stereocenters. The van der Waals surface area contributed by atoms with E-state index in [1.54, 1.807) is 0 Å². The second-order valence-electron chi connectivity index (χ2n) is 4.11. The summed E-state index contributed by atoms with van der Waals surface area (Å²) in [7, 11) is 0. The van der Waals surface area contributed by atoms with Gasteiger partial charge in [0.1, 0.15) is 12.4 Å². The first-order chi connectivity index (χ1) is 9.38. The highest BCUT2D eigenvalue weighted by atomic mass is 16.5. The molecule has 2 nitrogen and oxygen atoms in total. The summed E-state index contributed by atoms with van der Waals surface area (Å²) in [4.78, 5) is 0. The molecule has 0 saturated carbocycles. The topological polar surface area (TPSA) is 33.0 Å². The Bertz CT molecular complexity index is 564. The molecule has 19 heavy (non-hydrogen) atoms. The standard InChI is InChI=1S/C17H15NO/c18-13-5-4-6-15-9-11-17(12-10-15)19-14-16-7-2-1-3-8-16/h1-4,6-12H,5,14H2. The molecule has 0 atom stereocenters. The Balaban J connectivity index is 1.90. The van der Waals surface area contributed by atoms with Crippen molar-refractivity contribution in [3.63, 3.8) is 0 Å². The molecule has 0 aliphatic carbocycles. The molecule has 0 aromatic heterocycles. The number of allylic oxidation sites excluding steroid dienone is 1. The van der Waals surface area contributed by atoms with Crippen LogP contribution < -0.4 is 4.74 Å². The van der Waals surface area contributed by atoms with Gasteiger partial charge in [-0.25, -0.2) is 0 Å². The fourth-order valence-corrected chi connectivity index (χ4v) is 1.66. The molecular formula is C17H15NO. The lowest BCUT2D eigenvalue weighted by Crippen LogP contribution is -1.94. The molecule has 2 aromatic rings. The highest BCUT2D eigenvalue weighted by molar-refractivity contribution is 5.50. The highest BCUT2D eigenvalue weighted by Gasteiger charge is 1.95. The molecule has 0 N–H and O–H groups in total. The van der Waals surface area contributed by atoms with E-state index in [1.807, 2.05) is 66.7 Å². The number of benzene rings is 2. The third-order valence-electron chi connectivity index (χ3n) is 2.65. The number of ether oxygens (including phenoxy) is 1. The van der Waals surface area contributed by atoms with Crippen LogP contribution in [-0.2, 0) is 6.61 Å². The van der Waals surface area contributed by atoms with E-state index < -0.39 is 0 Å². The molecule has 0 saturated heterocycles. The first kappa shape index (κ1) is 12.9. The summed E-state index contributed by atoms with van der Waals surface area (Å²) in [5.41, 5.74) is 2.22. The van der Waals surface area contributed by atoms with Gasteiger partial charge in [-0.05, 0) is 23.3 Å². The smallest absolute Gasteiger partial charge is 0.119 e. The summed E-state index contributed by atoms with van der Waals surface area (Å²) >= 11 is 0. The molecule has 0 amide bonds. The average molecular weight is 249 g/mol. The summed E-state index contributed by atoms with van der Waals surface area (Å²) in [5.74, 6) is 0.848. The Morgan fingerprint density at radius 3 is 2.42 bits per heavy atom. The van der Waals surface area contributed by atoms with Crippen LogP contribution in [0.1, 0.15) is 17.5 Å². The van der Waals surface area contributed by atoms with Gasteiger partial charge in [0, 0.05) is 0 Å². The summed E-state index contributed by atoms with van der Waals surface area (Å²) in [6, 6.07) is 20.0. The number of hydrogen-bond acceptors (Lipinski definition) is 2. The maximum Gasteiger partial charge on any atom is 0.119 e. The van der Waals surface area contributed by atoms with E-state index in [-0.39, 0.29) is 0 Å². The van der Waals surface area contributed by atoms with E-state index in [4.69, 9.17) is 10.00 Å². The van der Waals surface area contributed by atoms with Crippen LogP contribution in [0, 0.1) is 11.3 Å². The fourth-order valence-electron chi connectivity index (χ4n) is 1.66. The van der Waals surface area contributed by atoms with E-state index in [0.717, 1.165) is 16.9 Å². The maximum absolute atomic E-state index is 8.45. The van der Waals surface area contributed by atoms with Crippen LogP contribution in [0.5, 0.6) is 5.75 Å². The molecule has 0 bridgehead atoms. The van der Waals surface area contributed by atoms with Gasteiger partial charge in [-0.3, -0.25) is 0 Å². The van der Waals surface area contributed by atoms with Gasteiger partial charge in [-0.15, -0.1) is 0 Å². The minimum absolute atomic E-state index is 0.437. The molecule has 0 spiro atoms. The van der Waals surface area contributed by atoms with Gasteiger partial charge in [0.2, 0.25) is 0 Å². The van der Waals surface area contributed by atoms with Gasteiger partial charge in [-0.2, -0.15) is 5.26 Å². The number of nitriles is 1. The summed E-state index contributed by atoms with van der Waals surface area (Å²) in [5, 5.41) is 8.45. The van der Waals surface area contributed by atoms with Crippen LogP contribution in [0.4, 0.5) is 0 Å². The van der Waals surface area contributed by atoms with Gasteiger partial charge in [-0.1, -0.05) is 54.6 Å². The van der Waals surface area contributed by atoms with E-state index >= 15 is 0 Å². The molecule has 94 valence electrons. The lowest BCUT2D eigenvalue weighted by molar-refractivity contribution is 0.306. The zero-order chi connectivity index (χ0) is 13.3. The molecule has 0 aliphatic rings. The van der Waals surface area contributed by atoms with E-state index in [1.165, 1.54) is 0 Å². The van der Waals surface area contributed by atoms with Crippen molar-refractivity contribution in [1.29, 1.82) is 5.26 Å². The van der Waals surface area contributed by atoms with Gasteiger partial charge in [0.25, 0.3) is 0 Å². The predicted molar refractivity (Wildman–Crippen MR) is 76.5 cm³/mol. The van der Waals surface area contributed by atoms with Crippen molar-refractivity contribution in [1.82, 2.24) is 0 Å². The Kier molecular flexibility index (Phi) is 4.78. The first-order valence-corrected chi connectivity index (χ1v) is 6.19. The predicted octanol–water partition coefficient (Wildman–Crippen LogP) is 4.19. The van der Waals surface area contributed by atoms with Crippen molar-refractivity contribution in [3.05, 3.63) is 71.8 Å². The maximum atomic E-state index is 8.45. The lowest BCUT2D eigenvalue weighted by atomic mass is 10.2. The minimum atomic E-state index is 0.437. The van der Waals surface area contributed by atoms with E-state index in [9.17, 15) is 0 Å². The SMILES string of the molecule is N#CCC=Cc1ccc(OCc2ccccc2)cc1. The Labute approximate surface area is 113 Å². The zero-order valence-electron chi connectivity index (χ0n) is 10.6. The summed E-state index contributed by atoms with van der Waals surface area (Å²) < 4.78 is 5.70. The van der Waals surface area contributed by atoms with E-state index in [0.29, 0.717) is 13.0 Å². The summed E-state index contributed by atoms with van der Waals surface area (Å²) in [6.45, 7) is 0.574. The van der Waals surface area contributed by atoms with Crippen LogP contribution in [0.15, 0.2) is 60.7 Å². The average Bonchev–Trinajstić information content (AvgIpc) is 2.48. The van der Waals surface area contributed by atoms with Crippen molar-refractivity contribution >= 4 is 6.08 Å². The third-order valence-corrected chi connectivity index (χ3v) is 2.65. The normalized spacial score (nSPS) is 10.3. The lowest BCUT2D eigenvalue weighted by Gasteiger charge is -2.06. The van der Waals surface area contributed by atoms with Crippen molar-refractivity contribution < 1.29 is 4.74 Å². The van der Waals surface area contributed by atoms with Gasteiger partial charge in [0.05, 0.1) is 12.5 Å². The van der Waals surface area contributed by atoms with Crippen LogP contribution in [-0.4, -0.2) is 0 Å². The van der Waals surface area contributed by atoms with Crippen LogP contribution in [0.2, 0.25) is 0 Å². The fraction of sp³-hybridized carbons (Fsp3) is 0.118. The third kappa shape index (κ3) is 4.33. The van der Waals surface area contributed by atoms with Gasteiger partial charge in [0.15, 0.2) is 0 Å². The Morgan fingerprint density at radius 1 is 1.00 bits per heavy atom. The van der Waals surface area contributed by atoms with Crippen molar-refractivity contribution in [2.45, 2.75) is 13.0 Å². The number of nitrogens with zero attached hydrogens (tertiary/aromatic N) is 1. The number of hydrogen-bond donors (Lipinski definition) is 0. The largest absolute Gasteiger partial charge is 0.489 e. The molecule has 0 aliphatic heterocycles. The minimum Gasteiger partial charge on any atom is -0.489 e. The Morgan fingerprint density at radius 2 is 1.74 bits per heavy atom. The Hall–Kier alpha value is -2.53. The first-order valence-electron chi connectivity index (χ1n) is 6.19. The molecule has 0 radical (unpaired) electrons. The molecular weight excluding hydrogens is 234 g/mol. The van der Waals surface area contributed by atoms with Gasteiger partial charge < -0.3 is 4.74 Å².